The highest BCUT2D eigenvalue weighted by molar-refractivity contribution is 7.80. The van der Waals surface area contributed by atoms with Gasteiger partial charge in [0.05, 0.1) is 19.6 Å². The van der Waals surface area contributed by atoms with Crippen molar-refractivity contribution in [3.05, 3.63) is 65.7 Å². The fourth-order valence-corrected chi connectivity index (χ4v) is 3.82. The van der Waals surface area contributed by atoms with Crippen LogP contribution in [-0.4, -0.2) is 60.1 Å². The molecule has 0 radical (unpaired) electrons. The molecule has 8 nitrogen and oxygen atoms in total. The normalized spacial score (nSPS) is 15.3. The molecule has 1 aliphatic rings. The van der Waals surface area contributed by atoms with Crippen LogP contribution in [0, 0.1) is 5.92 Å². The second-order valence-electron chi connectivity index (χ2n) is 8.65. The number of esters is 1. The fourth-order valence-electron chi connectivity index (χ4n) is 3.51. The molecule has 0 spiro atoms. The number of nitrogens with zero attached hydrogens (tertiary/aromatic N) is 1. The van der Waals surface area contributed by atoms with Crippen molar-refractivity contribution in [2.24, 2.45) is 5.92 Å². The maximum absolute atomic E-state index is 12.7. The van der Waals surface area contributed by atoms with Crippen molar-refractivity contribution in [1.82, 2.24) is 15.5 Å². The van der Waals surface area contributed by atoms with Crippen molar-refractivity contribution < 1.29 is 23.9 Å². The third-order valence-electron chi connectivity index (χ3n) is 5.37. The predicted octanol–water partition coefficient (Wildman–Crippen LogP) is 2.71. The first-order valence-electron chi connectivity index (χ1n) is 11.7. The molecule has 2 aromatic rings. The van der Waals surface area contributed by atoms with Crippen molar-refractivity contribution >= 4 is 35.1 Å². The zero-order valence-corrected chi connectivity index (χ0v) is 20.8. The monoisotopic (exact) mass is 497 g/mol. The van der Waals surface area contributed by atoms with E-state index in [-0.39, 0.29) is 30.0 Å². The molecule has 35 heavy (non-hydrogen) atoms. The highest BCUT2D eigenvalue weighted by atomic mass is 32.1. The van der Waals surface area contributed by atoms with Gasteiger partial charge in [0.2, 0.25) is 5.91 Å². The third kappa shape index (κ3) is 8.06. The van der Waals surface area contributed by atoms with Gasteiger partial charge in [0, 0.05) is 25.1 Å². The minimum absolute atomic E-state index is 0.0923. The number of hydrogen-bond donors (Lipinski definition) is 2. The summed E-state index contributed by atoms with van der Waals surface area (Å²) in [6.07, 6.45) is 0.635. The van der Waals surface area contributed by atoms with E-state index in [9.17, 15) is 14.4 Å². The lowest BCUT2D eigenvalue weighted by molar-refractivity contribution is -0.148. The molecule has 0 aliphatic carbocycles. The zero-order valence-electron chi connectivity index (χ0n) is 20.0. The van der Waals surface area contributed by atoms with Crippen LogP contribution < -0.4 is 15.4 Å². The van der Waals surface area contributed by atoms with E-state index in [1.54, 1.807) is 29.2 Å². The number of amides is 2. The molecular formula is C26H31N3O5S. The summed E-state index contributed by atoms with van der Waals surface area (Å²) >= 11 is 5.41. The van der Waals surface area contributed by atoms with Gasteiger partial charge in [0.15, 0.2) is 5.11 Å². The maximum atomic E-state index is 12.7. The first-order chi connectivity index (χ1) is 16.8. The molecule has 9 heteroatoms. The molecule has 2 amide bonds. The van der Waals surface area contributed by atoms with Crippen LogP contribution in [0.2, 0.25) is 0 Å². The minimum atomic E-state index is -0.836. The van der Waals surface area contributed by atoms with Crippen molar-refractivity contribution in [3.63, 3.8) is 0 Å². The van der Waals surface area contributed by atoms with Gasteiger partial charge in [-0.2, -0.15) is 0 Å². The minimum Gasteiger partial charge on any atom is -0.493 e. The Morgan fingerprint density at radius 1 is 1.14 bits per heavy atom. The maximum Gasteiger partial charge on any atom is 0.308 e. The standard InChI is InChI=1S/C26H31N3O5S/c1-18(2)17-34-23(30)16-22-25(32)27-13-14-29(22)26(35)28-24(31)20-8-10-21(11-9-20)33-15-12-19-6-4-3-5-7-19/h3-11,18,22H,12-17H2,1-2H3,(H,27,32)(H,28,31,35). The summed E-state index contributed by atoms with van der Waals surface area (Å²) in [5.41, 5.74) is 1.59. The Kier molecular flexibility index (Phi) is 9.60. The second-order valence-corrected chi connectivity index (χ2v) is 9.04. The van der Waals surface area contributed by atoms with Crippen LogP contribution in [-0.2, 0) is 20.7 Å². The Morgan fingerprint density at radius 2 is 1.86 bits per heavy atom. The number of carbonyl (C=O) groups excluding carboxylic acids is 3. The van der Waals surface area contributed by atoms with Gasteiger partial charge >= 0.3 is 5.97 Å². The largest absolute Gasteiger partial charge is 0.493 e. The van der Waals surface area contributed by atoms with E-state index < -0.39 is 17.9 Å². The quantitative estimate of drug-likeness (QED) is 0.406. The SMILES string of the molecule is CC(C)COC(=O)CC1C(=O)NCCN1C(=S)NC(=O)c1ccc(OCCc2ccccc2)cc1. The highest BCUT2D eigenvalue weighted by Crippen LogP contribution is 2.15. The number of carbonyl (C=O) groups is 3. The summed E-state index contributed by atoms with van der Waals surface area (Å²) in [6.45, 7) is 5.41. The summed E-state index contributed by atoms with van der Waals surface area (Å²) < 4.78 is 11.0. The van der Waals surface area contributed by atoms with E-state index in [1.165, 1.54) is 5.56 Å². The molecule has 1 atom stereocenters. The molecule has 1 aliphatic heterocycles. The molecule has 1 unspecified atom stereocenters. The van der Waals surface area contributed by atoms with Crippen molar-refractivity contribution in [2.75, 3.05) is 26.3 Å². The van der Waals surface area contributed by atoms with E-state index in [0.29, 0.717) is 31.0 Å². The number of thiocarbonyl (C=S) groups is 1. The van der Waals surface area contributed by atoms with Gasteiger partial charge in [-0.25, -0.2) is 0 Å². The smallest absolute Gasteiger partial charge is 0.308 e. The summed E-state index contributed by atoms with van der Waals surface area (Å²) in [6, 6.07) is 16.0. The first kappa shape index (κ1) is 26.2. The van der Waals surface area contributed by atoms with Gasteiger partial charge in [-0.1, -0.05) is 44.2 Å². The average Bonchev–Trinajstić information content (AvgIpc) is 2.85. The third-order valence-corrected chi connectivity index (χ3v) is 5.71. The van der Waals surface area contributed by atoms with Crippen molar-refractivity contribution in [2.45, 2.75) is 32.7 Å². The van der Waals surface area contributed by atoms with Gasteiger partial charge in [-0.3, -0.25) is 19.7 Å². The van der Waals surface area contributed by atoms with E-state index >= 15 is 0 Å². The van der Waals surface area contributed by atoms with Crippen LogP contribution in [0.4, 0.5) is 0 Å². The van der Waals surface area contributed by atoms with Crippen LogP contribution in [0.1, 0.15) is 36.2 Å². The number of ether oxygens (including phenoxy) is 2. The number of hydrogen-bond acceptors (Lipinski definition) is 6. The van der Waals surface area contributed by atoms with Crippen molar-refractivity contribution in [1.29, 1.82) is 0 Å². The number of benzene rings is 2. The Hall–Kier alpha value is -3.46. The summed E-state index contributed by atoms with van der Waals surface area (Å²) in [5, 5.41) is 5.49. The number of rotatable bonds is 9. The molecule has 0 saturated carbocycles. The zero-order chi connectivity index (χ0) is 25.2. The van der Waals surface area contributed by atoms with Gasteiger partial charge in [-0.15, -0.1) is 0 Å². The Balaban J connectivity index is 1.53. The molecule has 2 aromatic carbocycles. The van der Waals surface area contributed by atoms with E-state index in [1.807, 2.05) is 44.2 Å². The van der Waals surface area contributed by atoms with Crippen LogP contribution in [0.3, 0.4) is 0 Å². The molecule has 1 saturated heterocycles. The van der Waals surface area contributed by atoms with Crippen LogP contribution in [0.25, 0.3) is 0 Å². The first-order valence-corrected chi connectivity index (χ1v) is 12.1. The fraction of sp³-hybridized carbons (Fsp3) is 0.385. The Morgan fingerprint density at radius 3 is 2.54 bits per heavy atom. The number of nitrogens with one attached hydrogen (secondary N) is 2. The molecule has 3 rings (SSSR count). The van der Waals surface area contributed by atoms with Gasteiger partial charge in [0.1, 0.15) is 11.8 Å². The van der Waals surface area contributed by atoms with E-state index in [2.05, 4.69) is 10.6 Å². The topological polar surface area (TPSA) is 97.0 Å². The lowest BCUT2D eigenvalue weighted by Crippen LogP contribution is -2.60. The molecule has 0 bridgehead atoms. The van der Waals surface area contributed by atoms with E-state index in [0.717, 1.165) is 6.42 Å². The molecule has 2 N–H and O–H groups in total. The number of piperazine rings is 1. The van der Waals surface area contributed by atoms with Crippen LogP contribution in [0.5, 0.6) is 5.75 Å². The highest BCUT2D eigenvalue weighted by Gasteiger charge is 2.34. The Bertz CT molecular complexity index is 1030. The average molecular weight is 498 g/mol. The predicted molar refractivity (Wildman–Crippen MR) is 136 cm³/mol. The lowest BCUT2D eigenvalue weighted by Gasteiger charge is -2.36. The van der Waals surface area contributed by atoms with E-state index in [4.69, 9.17) is 21.7 Å². The summed E-state index contributed by atoms with van der Waals surface area (Å²) in [7, 11) is 0. The second kappa shape index (κ2) is 12.9. The summed E-state index contributed by atoms with van der Waals surface area (Å²) in [5.74, 6) is -0.365. The molecule has 1 fully saturated rings. The molecule has 1 heterocycles. The van der Waals surface area contributed by atoms with Gasteiger partial charge in [0.25, 0.3) is 5.91 Å². The van der Waals surface area contributed by atoms with Gasteiger partial charge in [-0.05, 0) is 48.0 Å². The summed E-state index contributed by atoms with van der Waals surface area (Å²) in [4.78, 5) is 38.9. The van der Waals surface area contributed by atoms with Crippen molar-refractivity contribution in [3.8, 4) is 5.75 Å². The van der Waals surface area contributed by atoms with Gasteiger partial charge < -0.3 is 19.7 Å². The molecular weight excluding hydrogens is 466 g/mol. The molecule has 0 aromatic heterocycles. The molecule has 186 valence electrons. The Labute approximate surface area is 211 Å². The van der Waals surface area contributed by atoms with Crippen LogP contribution in [0.15, 0.2) is 54.6 Å². The van der Waals surface area contributed by atoms with Crippen LogP contribution >= 0.6 is 12.2 Å². The lowest BCUT2D eigenvalue weighted by atomic mass is 10.1.